The van der Waals surface area contributed by atoms with Gasteiger partial charge in [0, 0.05) is 29.2 Å². The minimum Gasteiger partial charge on any atom is -0.493 e. The van der Waals surface area contributed by atoms with E-state index in [9.17, 15) is 4.79 Å². The number of amides is 1. The smallest absolute Gasteiger partial charge is 0.223 e. The third-order valence-electron chi connectivity index (χ3n) is 4.68. The van der Waals surface area contributed by atoms with Gasteiger partial charge in [0.2, 0.25) is 5.91 Å². The summed E-state index contributed by atoms with van der Waals surface area (Å²) >= 11 is 3.48. The number of benzene rings is 2. The predicted molar refractivity (Wildman–Crippen MR) is 106 cm³/mol. The first-order valence-electron chi connectivity index (χ1n) is 8.46. The number of hydrogen-bond donors (Lipinski definition) is 0. The summed E-state index contributed by atoms with van der Waals surface area (Å²) in [5, 5.41) is 0. The van der Waals surface area contributed by atoms with E-state index in [1.807, 2.05) is 42.6 Å². The average Bonchev–Trinajstić information content (AvgIpc) is 2.77. The van der Waals surface area contributed by atoms with Gasteiger partial charge in [-0.15, -0.1) is 0 Å². The van der Waals surface area contributed by atoms with Gasteiger partial charge in [0.25, 0.3) is 0 Å². The summed E-state index contributed by atoms with van der Waals surface area (Å²) in [5.74, 6) is 1.40. The van der Waals surface area contributed by atoms with Crippen molar-refractivity contribution in [3.8, 4) is 11.5 Å². The van der Waals surface area contributed by atoms with Gasteiger partial charge in [-0.05, 0) is 54.3 Å². The summed E-state index contributed by atoms with van der Waals surface area (Å²) in [6, 6.07) is 12.2. The van der Waals surface area contributed by atoms with E-state index < -0.39 is 0 Å². The topological polar surface area (TPSA) is 38.8 Å². The van der Waals surface area contributed by atoms with Crippen molar-refractivity contribution in [1.29, 1.82) is 0 Å². The molecule has 4 nitrogen and oxygen atoms in total. The van der Waals surface area contributed by atoms with Gasteiger partial charge < -0.3 is 14.4 Å². The van der Waals surface area contributed by atoms with Gasteiger partial charge in [0.15, 0.2) is 11.5 Å². The minimum atomic E-state index is 0.0267. The van der Waals surface area contributed by atoms with Crippen LogP contribution in [-0.2, 0) is 11.2 Å². The van der Waals surface area contributed by atoms with E-state index >= 15 is 0 Å². The molecular weight excluding hydrogens is 394 g/mol. The molecule has 0 saturated carbocycles. The molecule has 0 saturated heterocycles. The van der Waals surface area contributed by atoms with Crippen molar-refractivity contribution in [1.82, 2.24) is 4.90 Å². The molecule has 0 radical (unpaired) electrons. The van der Waals surface area contributed by atoms with Crippen LogP contribution in [0.15, 0.2) is 47.1 Å². The lowest BCUT2D eigenvalue weighted by Gasteiger charge is -2.23. The van der Waals surface area contributed by atoms with Crippen LogP contribution in [0.3, 0.4) is 0 Å². The Balaban J connectivity index is 2.25. The molecule has 0 aliphatic carbocycles. The summed E-state index contributed by atoms with van der Waals surface area (Å²) in [6.07, 6.45) is 2.69. The second-order valence-electron chi connectivity index (χ2n) is 6.39. The van der Waals surface area contributed by atoms with Crippen molar-refractivity contribution in [2.45, 2.75) is 26.3 Å². The van der Waals surface area contributed by atoms with Gasteiger partial charge in [0.05, 0.1) is 14.2 Å². The maximum atomic E-state index is 12.2. The Morgan fingerprint density at radius 2 is 1.73 bits per heavy atom. The van der Waals surface area contributed by atoms with E-state index in [0.29, 0.717) is 11.5 Å². The lowest BCUT2D eigenvalue weighted by atomic mass is 9.92. The van der Waals surface area contributed by atoms with Crippen molar-refractivity contribution in [2.75, 3.05) is 14.2 Å². The quantitative estimate of drug-likeness (QED) is 0.732. The van der Waals surface area contributed by atoms with Gasteiger partial charge in [-0.25, -0.2) is 0 Å². The maximum absolute atomic E-state index is 12.2. The molecular formula is C21H22BrNO3. The van der Waals surface area contributed by atoms with E-state index in [4.69, 9.17) is 9.47 Å². The van der Waals surface area contributed by atoms with Crippen molar-refractivity contribution < 1.29 is 14.3 Å². The van der Waals surface area contributed by atoms with Crippen molar-refractivity contribution >= 4 is 27.4 Å². The van der Waals surface area contributed by atoms with E-state index in [1.165, 1.54) is 0 Å². The first kappa shape index (κ1) is 18.5. The number of hydrogen-bond acceptors (Lipinski definition) is 3. The zero-order valence-corrected chi connectivity index (χ0v) is 17.0. The van der Waals surface area contributed by atoms with Crippen LogP contribution in [0.25, 0.3) is 5.57 Å². The van der Waals surface area contributed by atoms with Gasteiger partial charge in [-0.1, -0.05) is 28.1 Å². The molecule has 0 N–H and O–H groups in total. The van der Waals surface area contributed by atoms with Crippen LogP contribution in [0.5, 0.6) is 11.5 Å². The van der Waals surface area contributed by atoms with Crippen LogP contribution >= 0.6 is 15.9 Å². The largest absolute Gasteiger partial charge is 0.493 e. The third-order valence-corrected chi connectivity index (χ3v) is 5.21. The fourth-order valence-corrected chi connectivity index (χ4v) is 3.62. The van der Waals surface area contributed by atoms with Crippen LogP contribution in [0.4, 0.5) is 0 Å². The normalized spacial score (nSPS) is 16.4. The Kier molecular flexibility index (Phi) is 5.37. The molecule has 3 rings (SSSR count). The number of carbonyl (C=O) groups excluding carboxylic acids is 1. The highest BCUT2D eigenvalue weighted by Crippen LogP contribution is 2.39. The van der Waals surface area contributed by atoms with Crippen LogP contribution in [0.2, 0.25) is 0 Å². The Morgan fingerprint density at radius 3 is 2.31 bits per heavy atom. The first-order chi connectivity index (χ1) is 12.4. The number of rotatable bonds is 3. The van der Waals surface area contributed by atoms with Gasteiger partial charge in [-0.3, -0.25) is 4.79 Å². The van der Waals surface area contributed by atoms with Crippen LogP contribution in [-0.4, -0.2) is 31.1 Å². The number of fused-ring (bicyclic) bond motifs is 1. The fraction of sp³-hybridized carbons (Fsp3) is 0.286. The SMILES string of the molecule is COc1cc2c(cc1OC)C(c1ccc(Br)cc1)=CN(C(C)=O)[C@H](C)C2. The molecule has 1 amide bonds. The monoisotopic (exact) mass is 415 g/mol. The zero-order valence-electron chi connectivity index (χ0n) is 15.4. The van der Waals surface area contributed by atoms with E-state index in [0.717, 1.165) is 33.2 Å². The number of halogens is 1. The molecule has 0 unspecified atom stereocenters. The van der Waals surface area contributed by atoms with Crippen LogP contribution in [0.1, 0.15) is 30.5 Å². The van der Waals surface area contributed by atoms with Crippen molar-refractivity contribution in [3.05, 3.63) is 63.8 Å². The zero-order chi connectivity index (χ0) is 18.8. The third kappa shape index (κ3) is 3.49. The summed E-state index contributed by atoms with van der Waals surface area (Å²) in [5.41, 5.74) is 4.23. The van der Waals surface area contributed by atoms with Crippen LogP contribution in [0, 0.1) is 0 Å². The van der Waals surface area contributed by atoms with Crippen LogP contribution < -0.4 is 9.47 Å². The lowest BCUT2D eigenvalue weighted by Crippen LogP contribution is -2.33. The molecule has 1 aliphatic rings. The molecule has 0 spiro atoms. The van der Waals surface area contributed by atoms with Gasteiger partial charge in [-0.2, -0.15) is 0 Å². The standard InChI is InChI=1S/C21H22BrNO3/c1-13-9-16-10-20(25-3)21(26-4)11-18(16)19(12-23(13)14(2)24)15-5-7-17(22)8-6-15/h5-8,10-13H,9H2,1-4H3/t13-/m1/s1. The Bertz CT molecular complexity index is 858. The Hall–Kier alpha value is -2.27. The molecule has 136 valence electrons. The molecule has 2 aromatic carbocycles. The van der Waals surface area contributed by atoms with Crippen molar-refractivity contribution in [2.24, 2.45) is 0 Å². The van der Waals surface area contributed by atoms with Gasteiger partial charge in [0.1, 0.15) is 0 Å². The van der Waals surface area contributed by atoms with Crippen molar-refractivity contribution in [3.63, 3.8) is 0 Å². The highest BCUT2D eigenvalue weighted by Gasteiger charge is 2.25. The molecule has 0 fully saturated rings. The minimum absolute atomic E-state index is 0.0267. The second kappa shape index (κ2) is 7.54. The highest BCUT2D eigenvalue weighted by atomic mass is 79.9. The second-order valence-corrected chi connectivity index (χ2v) is 7.31. The fourth-order valence-electron chi connectivity index (χ4n) is 3.35. The highest BCUT2D eigenvalue weighted by molar-refractivity contribution is 9.10. The molecule has 5 heteroatoms. The number of carbonyl (C=O) groups is 1. The first-order valence-corrected chi connectivity index (χ1v) is 9.25. The molecule has 1 heterocycles. The Morgan fingerprint density at radius 1 is 1.12 bits per heavy atom. The molecule has 1 atom stereocenters. The summed E-state index contributed by atoms with van der Waals surface area (Å²) in [4.78, 5) is 14.0. The van der Waals surface area contributed by atoms with Gasteiger partial charge >= 0.3 is 0 Å². The molecule has 1 aliphatic heterocycles. The van der Waals surface area contributed by atoms with E-state index in [2.05, 4.69) is 22.9 Å². The molecule has 26 heavy (non-hydrogen) atoms. The maximum Gasteiger partial charge on any atom is 0.223 e. The summed E-state index contributed by atoms with van der Waals surface area (Å²) < 4.78 is 12.0. The molecule has 2 aromatic rings. The lowest BCUT2D eigenvalue weighted by molar-refractivity contribution is -0.127. The summed E-state index contributed by atoms with van der Waals surface area (Å²) in [6.45, 7) is 3.66. The number of methoxy groups -OCH3 is 2. The molecule has 0 bridgehead atoms. The average molecular weight is 416 g/mol. The number of ether oxygens (including phenoxy) is 2. The van der Waals surface area contributed by atoms with E-state index in [-0.39, 0.29) is 11.9 Å². The molecule has 0 aromatic heterocycles. The Labute approximate surface area is 162 Å². The van der Waals surface area contributed by atoms with E-state index in [1.54, 1.807) is 26.0 Å². The number of nitrogens with zero attached hydrogens (tertiary/aromatic N) is 1. The summed E-state index contributed by atoms with van der Waals surface area (Å²) in [7, 11) is 3.27. The predicted octanol–water partition coefficient (Wildman–Crippen LogP) is 4.65.